The molecule has 7 nitrogen and oxygen atoms in total. The van der Waals surface area contributed by atoms with Gasteiger partial charge < -0.3 is 19.9 Å². The van der Waals surface area contributed by atoms with Crippen molar-refractivity contribution >= 4 is 28.8 Å². The van der Waals surface area contributed by atoms with Gasteiger partial charge in [0.2, 0.25) is 0 Å². The monoisotopic (exact) mass is 518 g/mol. The van der Waals surface area contributed by atoms with Gasteiger partial charge in [-0.05, 0) is 73.3 Å². The molecule has 2 aromatic carbocycles. The lowest BCUT2D eigenvalue weighted by molar-refractivity contribution is 0.0368. The molecule has 3 aromatic rings. The number of thiophene rings is 1. The summed E-state index contributed by atoms with van der Waals surface area (Å²) in [6.07, 6.45) is 0. The van der Waals surface area contributed by atoms with Gasteiger partial charge in [0.25, 0.3) is 11.8 Å². The van der Waals surface area contributed by atoms with Crippen molar-refractivity contribution in [3.63, 3.8) is 0 Å². The first-order valence-corrected chi connectivity index (χ1v) is 13.4. The van der Waals surface area contributed by atoms with E-state index in [1.54, 1.807) is 26.1 Å². The standard InChI is InChI=1S/C29H34N4O3S/c1-17-7-9-21(33-15-24-25(33)14-32(24)5)13-22(17)28(34)30-18(2)19-8-10-26(36-6)23(11-19)20-12-27(37-16-20)29(35)31(3)4/h7-13,16,18,24-25H,14-15H2,1-6H3,(H,30,34)/t18-,24?,25+/m1/s1. The fraction of sp³-hybridized carbons (Fsp3) is 0.379. The first kappa shape index (κ1) is 25.3. The van der Waals surface area contributed by atoms with Gasteiger partial charge in [0, 0.05) is 50.0 Å². The number of anilines is 1. The molecule has 37 heavy (non-hydrogen) atoms. The van der Waals surface area contributed by atoms with Crippen molar-refractivity contribution in [2.75, 3.05) is 46.2 Å². The van der Waals surface area contributed by atoms with Crippen LogP contribution in [-0.4, -0.2) is 75.0 Å². The minimum absolute atomic E-state index is 0.0253. The van der Waals surface area contributed by atoms with Gasteiger partial charge in [-0.25, -0.2) is 0 Å². The lowest BCUT2D eigenvalue weighted by Crippen LogP contribution is -2.78. The van der Waals surface area contributed by atoms with E-state index in [4.69, 9.17) is 4.74 Å². The maximum Gasteiger partial charge on any atom is 0.263 e. The smallest absolute Gasteiger partial charge is 0.263 e. The Bertz CT molecular complexity index is 1350. The molecule has 2 fully saturated rings. The number of nitrogens with zero attached hydrogens (tertiary/aromatic N) is 3. The molecule has 2 saturated heterocycles. The van der Waals surface area contributed by atoms with E-state index < -0.39 is 0 Å². The third-order valence-electron chi connectivity index (χ3n) is 7.67. The number of ether oxygens (including phenoxy) is 1. The average Bonchev–Trinajstić information content (AvgIpc) is 3.37. The molecule has 3 heterocycles. The number of rotatable bonds is 7. The van der Waals surface area contributed by atoms with Crippen molar-refractivity contribution in [1.82, 2.24) is 15.1 Å². The Labute approximate surface area is 222 Å². The highest BCUT2D eigenvalue weighted by Gasteiger charge is 2.49. The summed E-state index contributed by atoms with van der Waals surface area (Å²) in [4.78, 5) is 32.8. The highest BCUT2D eigenvalue weighted by molar-refractivity contribution is 7.12. The summed E-state index contributed by atoms with van der Waals surface area (Å²) in [6, 6.07) is 15.0. The lowest BCUT2D eigenvalue weighted by Gasteiger charge is -2.62. The molecule has 0 saturated carbocycles. The van der Waals surface area contributed by atoms with Crippen LogP contribution >= 0.6 is 11.3 Å². The van der Waals surface area contributed by atoms with Crippen molar-refractivity contribution in [2.24, 2.45) is 0 Å². The number of likely N-dealkylation sites (tertiary alicyclic amines) is 1. The van der Waals surface area contributed by atoms with E-state index in [-0.39, 0.29) is 17.9 Å². The first-order valence-electron chi connectivity index (χ1n) is 12.5. The number of carbonyl (C=O) groups is 2. The Hall–Kier alpha value is -3.36. The second kappa shape index (κ2) is 9.84. The molecule has 0 aliphatic carbocycles. The van der Waals surface area contributed by atoms with E-state index in [0.29, 0.717) is 22.5 Å². The molecular weight excluding hydrogens is 484 g/mol. The van der Waals surface area contributed by atoms with Crippen LogP contribution < -0.4 is 15.0 Å². The molecule has 0 spiro atoms. The number of likely N-dealkylation sites (N-methyl/N-ethyl adjacent to an activating group) is 1. The molecule has 2 amide bonds. The quantitative estimate of drug-likeness (QED) is 0.502. The zero-order chi connectivity index (χ0) is 26.4. The average molecular weight is 519 g/mol. The number of nitrogens with one attached hydrogen (secondary N) is 1. The molecule has 0 radical (unpaired) electrons. The number of piperazine rings is 1. The van der Waals surface area contributed by atoms with E-state index in [1.165, 1.54) is 11.3 Å². The molecule has 194 valence electrons. The van der Waals surface area contributed by atoms with Gasteiger partial charge in [0.15, 0.2) is 0 Å². The number of aryl methyl sites for hydroxylation is 1. The summed E-state index contributed by atoms with van der Waals surface area (Å²) >= 11 is 1.42. The van der Waals surface area contributed by atoms with Crippen molar-refractivity contribution in [3.8, 4) is 16.9 Å². The van der Waals surface area contributed by atoms with Crippen LogP contribution in [0.3, 0.4) is 0 Å². The number of hydrogen-bond acceptors (Lipinski definition) is 6. The summed E-state index contributed by atoms with van der Waals surface area (Å²) in [7, 11) is 7.30. The first-order chi connectivity index (χ1) is 17.7. The summed E-state index contributed by atoms with van der Waals surface area (Å²) in [5.74, 6) is 0.617. The van der Waals surface area contributed by atoms with Gasteiger partial charge in [0.1, 0.15) is 5.75 Å². The van der Waals surface area contributed by atoms with Crippen LogP contribution in [0.5, 0.6) is 5.75 Å². The maximum absolute atomic E-state index is 13.4. The molecule has 0 bridgehead atoms. The van der Waals surface area contributed by atoms with Crippen LogP contribution in [-0.2, 0) is 0 Å². The Kier molecular flexibility index (Phi) is 6.72. The molecule has 1 aromatic heterocycles. The molecule has 1 N–H and O–H groups in total. The molecule has 2 aliphatic heterocycles. The van der Waals surface area contributed by atoms with Gasteiger partial charge in [-0.15, -0.1) is 11.3 Å². The van der Waals surface area contributed by atoms with Crippen molar-refractivity contribution in [2.45, 2.75) is 32.0 Å². The van der Waals surface area contributed by atoms with E-state index >= 15 is 0 Å². The Balaban J connectivity index is 1.34. The number of amides is 2. The SMILES string of the molecule is COc1ccc([C@@H](C)NC(=O)c2cc(N3CC4[C@@H]3CN4C)ccc2C)cc1-c1csc(C(=O)N(C)C)c1. The molecule has 2 aliphatic rings. The van der Waals surface area contributed by atoms with Gasteiger partial charge in [-0.2, -0.15) is 0 Å². The number of benzene rings is 2. The summed E-state index contributed by atoms with van der Waals surface area (Å²) in [5.41, 5.74) is 5.57. The number of methoxy groups -OCH3 is 1. The molecule has 1 unspecified atom stereocenters. The topological polar surface area (TPSA) is 65.1 Å². The van der Waals surface area contributed by atoms with Crippen molar-refractivity contribution < 1.29 is 14.3 Å². The third-order valence-corrected chi connectivity index (χ3v) is 8.58. The van der Waals surface area contributed by atoms with Crippen LogP contribution in [0.4, 0.5) is 5.69 Å². The van der Waals surface area contributed by atoms with E-state index in [0.717, 1.165) is 46.8 Å². The normalized spacial score (nSPS) is 19.4. The minimum atomic E-state index is -0.213. The Morgan fingerprint density at radius 1 is 1.11 bits per heavy atom. The van der Waals surface area contributed by atoms with Crippen LogP contribution in [0.2, 0.25) is 0 Å². The Morgan fingerprint density at radius 2 is 1.89 bits per heavy atom. The zero-order valence-electron chi connectivity index (χ0n) is 22.2. The van der Waals surface area contributed by atoms with Crippen LogP contribution in [0.1, 0.15) is 44.1 Å². The van der Waals surface area contributed by atoms with Crippen LogP contribution in [0.25, 0.3) is 11.1 Å². The molecule has 8 heteroatoms. The Morgan fingerprint density at radius 3 is 2.54 bits per heavy atom. The van der Waals surface area contributed by atoms with Gasteiger partial charge >= 0.3 is 0 Å². The second-order valence-corrected chi connectivity index (χ2v) is 11.2. The minimum Gasteiger partial charge on any atom is -0.496 e. The molecular formula is C29H34N4O3S. The highest BCUT2D eigenvalue weighted by Crippen LogP contribution is 2.38. The summed E-state index contributed by atoms with van der Waals surface area (Å²) in [5, 5.41) is 5.16. The van der Waals surface area contributed by atoms with Crippen LogP contribution in [0, 0.1) is 6.92 Å². The van der Waals surface area contributed by atoms with E-state index in [2.05, 4.69) is 28.2 Å². The highest BCUT2D eigenvalue weighted by atomic mass is 32.1. The predicted molar refractivity (Wildman–Crippen MR) is 149 cm³/mol. The van der Waals surface area contributed by atoms with Gasteiger partial charge in [-0.1, -0.05) is 12.1 Å². The lowest BCUT2D eigenvalue weighted by atomic mass is 9.85. The fourth-order valence-electron chi connectivity index (χ4n) is 5.19. The summed E-state index contributed by atoms with van der Waals surface area (Å²) < 4.78 is 5.61. The molecule has 3 atom stereocenters. The molecule has 5 rings (SSSR count). The van der Waals surface area contributed by atoms with Crippen molar-refractivity contribution in [3.05, 3.63) is 69.4 Å². The maximum atomic E-state index is 13.4. The van der Waals surface area contributed by atoms with Crippen molar-refractivity contribution in [1.29, 1.82) is 0 Å². The predicted octanol–water partition coefficient (Wildman–Crippen LogP) is 4.43. The third kappa shape index (κ3) is 4.60. The fourth-order valence-corrected chi connectivity index (χ4v) is 6.12. The number of fused-ring (bicyclic) bond motifs is 1. The number of hydrogen-bond donors (Lipinski definition) is 1. The van der Waals surface area contributed by atoms with Gasteiger partial charge in [-0.3, -0.25) is 14.5 Å². The number of carbonyl (C=O) groups excluding carboxylic acids is 2. The second-order valence-electron chi connectivity index (χ2n) is 10.3. The zero-order valence-corrected chi connectivity index (χ0v) is 23.1. The van der Waals surface area contributed by atoms with E-state index in [9.17, 15) is 9.59 Å². The summed E-state index contributed by atoms with van der Waals surface area (Å²) in [6.45, 7) is 6.06. The van der Waals surface area contributed by atoms with Gasteiger partial charge in [0.05, 0.1) is 24.1 Å². The van der Waals surface area contributed by atoms with E-state index in [1.807, 2.05) is 55.6 Å². The van der Waals surface area contributed by atoms with Crippen LogP contribution in [0.15, 0.2) is 47.8 Å². The largest absolute Gasteiger partial charge is 0.496 e.